The number of carboxylic acid groups (broad SMARTS) is 1. The van der Waals surface area contributed by atoms with E-state index < -0.39 is 6.09 Å². The summed E-state index contributed by atoms with van der Waals surface area (Å²) in [6, 6.07) is 9.96. The number of amides is 1. The Morgan fingerprint density at radius 1 is 1.22 bits per heavy atom. The van der Waals surface area contributed by atoms with Crippen molar-refractivity contribution in [3.63, 3.8) is 0 Å². The molecule has 1 atom stereocenters. The molecule has 1 aromatic carbocycles. The number of benzene rings is 1. The van der Waals surface area contributed by atoms with Crippen LogP contribution in [0.3, 0.4) is 0 Å². The van der Waals surface area contributed by atoms with Gasteiger partial charge in [-0.2, -0.15) is 0 Å². The second kappa shape index (κ2) is 13.3. The molecule has 1 amide bonds. The fraction of sp³-hybridized carbons (Fsp3) is 0.588. The van der Waals surface area contributed by atoms with Crippen molar-refractivity contribution in [2.24, 2.45) is 0 Å². The highest BCUT2D eigenvalue weighted by atomic mass is 79.9. The van der Waals surface area contributed by atoms with Crippen LogP contribution in [0.5, 0.6) is 0 Å². The highest BCUT2D eigenvalue weighted by molar-refractivity contribution is 8.93. The first kappa shape index (κ1) is 21.9. The predicted octanol–water partition coefficient (Wildman–Crippen LogP) is 3.45. The van der Waals surface area contributed by atoms with Gasteiger partial charge >= 0.3 is 6.09 Å². The van der Waals surface area contributed by atoms with Gasteiger partial charge in [-0.25, -0.2) is 4.79 Å². The zero-order valence-electron chi connectivity index (χ0n) is 13.8. The smallest absolute Gasteiger partial charge is 0.404 e. The molecule has 0 bridgehead atoms. The van der Waals surface area contributed by atoms with Gasteiger partial charge in [-0.3, -0.25) is 0 Å². The van der Waals surface area contributed by atoms with Crippen LogP contribution in [0.25, 0.3) is 0 Å². The molecule has 2 rings (SSSR count). The van der Waals surface area contributed by atoms with Gasteiger partial charge in [0.25, 0.3) is 0 Å². The third kappa shape index (κ3) is 10.3. The van der Waals surface area contributed by atoms with Crippen LogP contribution in [0.2, 0.25) is 0 Å². The number of hydrogen-bond donors (Lipinski definition) is 3. The first-order chi connectivity index (χ1) is 10.6. The molecular weight excluding hydrogens is 360 g/mol. The Kier molecular flexibility index (Phi) is 12.7. The van der Waals surface area contributed by atoms with Crippen molar-refractivity contribution in [1.82, 2.24) is 10.2 Å². The number of aliphatic hydroxyl groups excluding tert-OH is 1. The Morgan fingerprint density at radius 3 is 2.30 bits per heavy atom. The average Bonchev–Trinajstić information content (AvgIpc) is 2.55. The van der Waals surface area contributed by atoms with Crippen LogP contribution < -0.4 is 5.32 Å². The maximum absolute atomic E-state index is 10.0. The molecule has 3 N–H and O–H groups in total. The standard InChI is InChI=1S/C14H21NO.C3H7NO2.BrH/c16-14(13-7-3-1-4-8-13)9-12-15-10-5-2-6-11-15;1-2-4-3(5)6;/h1,3-4,7-8,14,16H,2,5-6,9-12H2;4H,2H2,1H3,(H,5,6);1H. The number of rotatable bonds is 5. The van der Waals surface area contributed by atoms with E-state index in [1.54, 1.807) is 6.92 Å². The minimum Gasteiger partial charge on any atom is -0.465 e. The molecule has 0 aliphatic carbocycles. The quantitative estimate of drug-likeness (QED) is 0.721. The first-order valence-corrected chi connectivity index (χ1v) is 8.05. The molecule has 6 heteroatoms. The molecule has 1 fully saturated rings. The normalized spacial score (nSPS) is 15.6. The van der Waals surface area contributed by atoms with E-state index in [9.17, 15) is 9.90 Å². The van der Waals surface area contributed by atoms with Crippen LogP contribution in [-0.2, 0) is 0 Å². The molecule has 1 aliphatic rings. The van der Waals surface area contributed by atoms with Crippen molar-refractivity contribution in [3.05, 3.63) is 35.9 Å². The number of halogens is 1. The molecule has 23 heavy (non-hydrogen) atoms. The van der Waals surface area contributed by atoms with Gasteiger partial charge in [-0.1, -0.05) is 36.8 Å². The van der Waals surface area contributed by atoms with Crippen molar-refractivity contribution < 1.29 is 15.0 Å². The number of hydrogen-bond acceptors (Lipinski definition) is 3. The number of likely N-dealkylation sites (tertiary alicyclic amines) is 1. The Labute approximate surface area is 149 Å². The van der Waals surface area contributed by atoms with Crippen molar-refractivity contribution in [3.8, 4) is 0 Å². The second-order valence-electron chi connectivity index (χ2n) is 5.45. The molecule has 1 heterocycles. The summed E-state index contributed by atoms with van der Waals surface area (Å²) in [6.07, 6.45) is 3.60. The van der Waals surface area contributed by atoms with Crippen LogP contribution in [0.15, 0.2) is 30.3 Å². The summed E-state index contributed by atoms with van der Waals surface area (Å²) in [7, 11) is 0. The lowest BCUT2D eigenvalue weighted by Crippen LogP contribution is -2.31. The molecule has 1 unspecified atom stereocenters. The van der Waals surface area contributed by atoms with Crippen molar-refractivity contribution in [1.29, 1.82) is 0 Å². The fourth-order valence-corrected chi connectivity index (χ4v) is 2.48. The highest BCUT2D eigenvalue weighted by Crippen LogP contribution is 2.17. The monoisotopic (exact) mass is 388 g/mol. The Bertz CT molecular complexity index is 412. The van der Waals surface area contributed by atoms with Crippen LogP contribution in [0.4, 0.5) is 4.79 Å². The largest absolute Gasteiger partial charge is 0.465 e. The van der Waals surface area contributed by atoms with Gasteiger partial charge in [0.05, 0.1) is 6.10 Å². The van der Waals surface area contributed by atoms with Gasteiger partial charge in [-0.05, 0) is 44.8 Å². The highest BCUT2D eigenvalue weighted by Gasteiger charge is 2.12. The van der Waals surface area contributed by atoms with Crippen molar-refractivity contribution >= 4 is 23.1 Å². The molecular formula is C17H29BrN2O3. The number of nitrogens with zero attached hydrogens (tertiary/aromatic N) is 1. The van der Waals surface area contributed by atoms with E-state index in [1.807, 2.05) is 30.3 Å². The predicted molar refractivity (Wildman–Crippen MR) is 98.3 cm³/mol. The van der Waals surface area contributed by atoms with Gasteiger partial charge in [0.1, 0.15) is 0 Å². The van der Waals surface area contributed by atoms with Gasteiger partial charge in [0.2, 0.25) is 0 Å². The third-order valence-electron chi connectivity index (χ3n) is 3.68. The molecule has 0 radical (unpaired) electrons. The topological polar surface area (TPSA) is 72.8 Å². The van der Waals surface area contributed by atoms with Crippen molar-refractivity contribution in [2.75, 3.05) is 26.2 Å². The van der Waals surface area contributed by atoms with E-state index in [0.717, 1.165) is 18.5 Å². The number of carbonyl (C=O) groups is 1. The maximum Gasteiger partial charge on any atom is 0.404 e. The van der Waals surface area contributed by atoms with Gasteiger partial charge < -0.3 is 20.4 Å². The third-order valence-corrected chi connectivity index (χ3v) is 3.68. The fourth-order valence-electron chi connectivity index (χ4n) is 2.48. The van der Waals surface area contributed by atoms with E-state index >= 15 is 0 Å². The Balaban J connectivity index is 0.000000599. The molecule has 1 saturated heterocycles. The number of piperidine rings is 1. The molecule has 1 aromatic rings. The Morgan fingerprint density at radius 2 is 1.83 bits per heavy atom. The maximum atomic E-state index is 10.0. The Hall–Kier alpha value is -1.11. The summed E-state index contributed by atoms with van der Waals surface area (Å²) >= 11 is 0. The molecule has 0 spiro atoms. The summed E-state index contributed by atoms with van der Waals surface area (Å²) in [5, 5.41) is 20.0. The van der Waals surface area contributed by atoms with E-state index in [1.165, 1.54) is 32.4 Å². The minimum atomic E-state index is -0.961. The summed E-state index contributed by atoms with van der Waals surface area (Å²) < 4.78 is 0. The zero-order valence-corrected chi connectivity index (χ0v) is 15.5. The molecule has 0 saturated carbocycles. The van der Waals surface area contributed by atoms with Crippen LogP contribution in [0, 0.1) is 0 Å². The van der Waals surface area contributed by atoms with E-state index in [2.05, 4.69) is 10.2 Å². The molecule has 132 valence electrons. The lowest BCUT2D eigenvalue weighted by atomic mass is 10.1. The van der Waals surface area contributed by atoms with Gasteiger partial charge in [-0.15, -0.1) is 17.0 Å². The average molecular weight is 389 g/mol. The number of nitrogens with one attached hydrogen (secondary N) is 1. The second-order valence-corrected chi connectivity index (χ2v) is 5.45. The minimum absolute atomic E-state index is 0. The number of aliphatic hydroxyl groups is 1. The van der Waals surface area contributed by atoms with E-state index in [-0.39, 0.29) is 23.1 Å². The summed E-state index contributed by atoms with van der Waals surface area (Å²) in [5.41, 5.74) is 1.04. The summed E-state index contributed by atoms with van der Waals surface area (Å²) in [5.74, 6) is 0. The molecule has 0 aromatic heterocycles. The summed E-state index contributed by atoms with van der Waals surface area (Å²) in [6.45, 7) is 5.66. The van der Waals surface area contributed by atoms with Gasteiger partial charge in [0.15, 0.2) is 0 Å². The van der Waals surface area contributed by atoms with Crippen LogP contribution in [0.1, 0.15) is 44.3 Å². The SMILES string of the molecule is Br.CCNC(=O)O.OC(CCN1CCCCC1)c1ccccc1. The lowest BCUT2D eigenvalue weighted by Gasteiger charge is -2.27. The first-order valence-electron chi connectivity index (χ1n) is 8.05. The lowest BCUT2D eigenvalue weighted by molar-refractivity contribution is 0.134. The van der Waals surface area contributed by atoms with Crippen LogP contribution >= 0.6 is 17.0 Å². The molecule has 1 aliphatic heterocycles. The summed E-state index contributed by atoms with van der Waals surface area (Å²) in [4.78, 5) is 12.0. The van der Waals surface area contributed by atoms with E-state index in [4.69, 9.17) is 5.11 Å². The molecule has 5 nitrogen and oxygen atoms in total. The van der Waals surface area contributed by atoms with Gasteiger partial charge in [0, 0.05) is 13.1 Å². The van der Waals surface area contributed by atoms with Crippen LogP contribution in [-0.4, -0.2) is 47.4 Å². The van der Waals surface area contributed by atoms with E-state index in [0.29, 0.717) is 6.54 Å². The van der Waals surface area contributed by atoms with Crippen molar-refractivity contribution in [2.45, 2.75) is 38.7 Å². The zero-order chi connectivity index (χ0) is 16.2.